The van der Waals surface area contributed by atoms with Crippen molar-refractivity contribution in [3.05, 3.63) is 0 Å². The predicted octanol–water partition coefficient (Wildman–Crippen LogP) is 0.707. The van der Waals surface area contributed by atoms with E-state index in [1.165, 1.54) is 0 Å². The molecule has 2 aliphatic rings. The van der Waals surface area contributed by atoms with Crippen LogP contribution < -0.4 is 5.32 Å². The van der Waals surface area contributed by atoms with Crippen molar-refractivity contribution in [1.29, 1.82) is 0 Å². The van der Waals surface area contributed by atoms with Crippen molar-refractivity contribution in [3.8, 4) is 0 Å². The second-order valence-electron chi connectivity index (χ2n) is 5.03. The molecule has 1 N–H and O–H groups in total. The lowest BCUT2D eigenvalue weighted by atomic mass is 9.89. The molecular formula is C11H19NO3. The molecule has 86 valence electrons. The minimum Gasteiger partial charge on any atom is -0.380 e. The minimum absolute atomic E-state index is 0.0347. The Morgan fingerprint density at radius 2 is 2.20 bits per heavy atom. The van der Waals surface area contributed by atoms with E-state index in [4.69, 9.17) is 9.47 Å². The number of ether oxygens (including phenoxy) is 2. The zero-order valence-electron chi connectivity index (χ0n) is 9.41. The van der Waals surface area contributed by atoms with Gasteiger partial charge in [-0.25, -0.2) is 0 Å². The third-order valence-corrected chi connectivity index (χ3v) is 3.11. The number of carbonyl (C=O) groups excluding carboxylic acids is 1. The van der Waals surface area contributed by atoms with Gasteiger partial charge in [-0.05, 0) is 19.8 Å². The monoisotopic (exact) mass is 213 g/mol. The van der Waals surface area contributed by atoms with Gasteiger partial charge in [0.1, 0.15) is 6.10 Å². The van der Waals surface area contributed by atoms with Crippen molar-refractivity contribution >= 4 is 5.91 Å². The lowest BCUT2D eigenvalue weighted by Crippen LogP contribution is -2.50. The van der Waals surface area contributed by atoms with Crippen LogP contribution in [0.1, 0.15) is 26.7 Å². The van der Waals surface area contributed by atoms with Gasteiger partial charge >= 0.3 is 0 Å². The van der Waals surface area contributed by atoms with Crippen LogP contribution in [0, 0.1) is 5.41 Å². The van der Waals surface area contributed by atoms with E-state index in [9.17, 15) is 4.79 Å². The van der Waals surface area contributed by atoms with E-state index in [2.05, 4.69) is 12.2 Å². The molecule has 2 atom stereocenters. The Bertz CT molecular complexity index is 250. The van der Waals surface area contributed by atoms with E-state index in [1.54, 1.807) is 0 Å². The fourth-order valence-electron chi connectivity index (χ4n) is 1.96. The topological polar surface area (TPSA) is 47.6 Å². The Morgan fingerprint density at radius 3 is 2.67 bits per heavy atom. The zero-order valence-corrected chi connectivity index (χ0v) is 9.41. The highest BCUT2D eigenvalue weighted by Crippen LogP contribution is 2.25. The predicted molar refractivity (Wildman–Crippen MR) is 55.5 cm³/mol. The second-order valence-corrected chi connectivity index (χ2v) is 5.03. The molecule has 0 spiro atoms. The highest BCUT2D eigenvalue weighted by Gasteiger charge is 2.35. The molecule has 0 aromatic carbocycles. The summed E-state index contributed by atoms with van der Waals surface area (Å²) in [5.74, 6) is 0.0347. The standard InChI is InChI=1S/C11H19NO3/c1-8-3-4-9(15-8)10(13)12-5-11(2)6-14-7-11/h8-9H,3-7H2,1-2H3,(H,12,13). The van der Waals surface area contributed by atoms with E-state index in [0.717, 1.165) is 26.1 Å². The molecule has 2 saturated heterocycles. The van der Waals surface area contributed by atoms with Crippen LogP contribution in [0.5, 0.6) is 0 Å². The molecule has 0 saturated carbocycles. The van der Waals surface area contributed by atoms with E-state index in [-0.39, 0.29) is 23.5 Å². The van der Waals surface area contributed by atoms with E-state index in [0.29, 0.717) is 6.54 Å². The molecule has 15 heavy (non-hydrogen) atoms. The van der Waals surface area contributed by atoms with Crippen molar-refractivity contribution < 1.29 is 14.3 Å². The van der Waals surface area contributed by atoms with Crippen LogP contribution >= 0.6 is 0 Å². The van der Waals surface area contributed by atoms with Crippen LogP contribution in [0.4, 0.5) is 0 Å². The first-order valence-electron chi connectivity index (χ1n) is 5.60. The van der Waals surface area contributed by atoms with Gasteiger partial charge in [0.25, 0.3) is 0 Å². The summed E-state index contributed by atoms with van der Waals surface area (Å²) < 4.78 is 10.6. The third-order valence-electron chi connectivity index (χ3n) is 3.11. The van der Waals surface area contributed by atoms with Gasteiger partial charge in [0, 0.05) is 12.0 Å². The SMILES string of the molecule is CC1CCC(C(=O)NCC2(C)COC2)O1. The summed E-state index contributed by atoms with van der Waals surface area (Å²) in [6.07, 6.45) is 1.83. The Kier molecular flexibility index (Phi) is 2.98. The minimum atomic E-state index is -0.232. The Hall–Kier alpha value is -0.610. The highest BCUT2D eigenvalue weighted by atomic mass is 16.5. The van der Waals surface area contributed by atoms with E-state index >= 15 is 0 Å². The summed E-state index contributed by atoms with van der Waals surface area (Å²) in [4.78, 5) is 11.7. The normalized spacial score (nSPS) is 33.5. The van der Waals surface area contributed by atoms with Gasteiger partial charge in [-0.3, -0.25) is 4.79 Å². The summed E-state index contributed by atoms with van der Waals surface area (Å²) in [5.41, 5.74) is 0.139. The van der Waals surface area contributed by atoms with Crippen LogP contribution in [0.2, 0.25) is 0 Å². The lowest BCUT2D eigenvalue weighted by Gasteiger charge is -2.38. The van der Waals surface area contributed by atoms with Crippen LogP contribution in [0.15, 0.2) is 0 Å². The largest absolute Gasteiger partial charge is 0.380 e. The second kappa shape index (κ2) is 4.10. The Labute approximate surface area is 90.3 Å². The van der Waals surface area contributed by atoms with E-state index < -0.39 is 0 Å². The molecule has 2 aliphatic heterocycles. The molecule has 2 rings (SSSR count). The fraction of sp³-hybridized carbons (Fsp3) is 0.909. The first-order valence-corrected chi connectivity index (χ1v) is 5.60. The molecule has 0 aromatic heterocycles. The van der Waals surface area contributed by atoms with Gasteiger partial charge in [-0.1, -0.05) is 6.92 Å². The molecule has 1 amide bonds. The van der Waals surface area contributed by atoms with Gasteiger partial charge in [-0.15, -0.1) is 0 Å². The average Bonchev–Trinajstić information content (AvgIpc) is 2.58. The van der Waals surface area contributed by atoms with Gasteiger partial charge < -0.3 is 14.8 Å². The number of amides is 1. The van der Waals surface area contributed by atoms with Gasteiger partial charge in [0.05, 0.1) is 19.3 Å². The highest BCUT2D eigenvalue weighted by molar-refractivity contribution is 5.81. The zero-order chi connectivity index (χ0) is 10.9. The summed E-state index contributed by atoms with van der Waals surface area (Å²) >= 11 is 0. The van der Waals surface area contributed by atoms with Gasteiger partial charge in [0.15, 0.2) is 0 Å². The first kappa shape index (κ1) is 10.9. The maximum absolute atomic E-state index is 11.7. The fourth-order valence-corrected chi connectivity index (χ4v) is 1.96. The Morgan fingerprint density at radius 1 is 1.47 bits per heavy atom. The molecular weight excluding hydrogens is 194 g/mol. The quantitative estimate of drug-likeness (QED) is 0.751. The average molecular weight is 213 g/mol. The van der Waals surface area contributed by atoms with Gasteiger partial charge in [0.2, 0.25) is 5.91 Å². The van der Waals surface area contributed by atoms with Crippen molar-refractivity contribution in [1.82, 2.24) is 5.32 Å². The van der Waals surface area contributed by atoms with E-state index in [1.807, 2.05) is 6.92 Å². The maximum atomic E-state index is 11.7. The molecule has 2 heterocycles. The molecule has 2 fully saturated rings. The van der Waals surface area contributed by atoms with Crippen molar-refractivity contribution in [3.63, 3.8) is 0 Å². The van der Waals surface area contributed by atoms with Gasteiger partial charge in [-0.2, -0.15) is 0 Å². The van der Waals surface area contributed by atoms with Crippen molar-refractivity contribution in [2.75, 3.05) is 19.8 Å². The number of nitrogens with one attached hydrogen (secondary N) is 1. The molecule has 0 bridgehead atoms. The molecule has 0 aliphatic carbocycles. The Balaban J connectivity index is 1.72. The van der Waals surface area contributed by atoms with Crippen LogP contribution in [0.3, 0.4) is 0 Å². The number of rotatable bonds is 3. The summed E-state index contributed by atoms with van der Waals surface area (Å²) in [6, 6.07) is 0. The van der Waals surface area contributed by atoms with Crippen LogP contribution in [-0.2, 0) is 14.3 Å². The van der Waals surface area contributed by atoms with Crippen molar-refractivity contribution in [2.24, 2.45) is 5.41 Å². The molecule has 2 unspecified atom stereocenters. The lowest BCUT2D eigenvalue weighted by molar-refractivity contribution is -0.136. The number of hydrogen-bond donors (Lipinski definition) is 1. The van der Waals surface area contributed by atoms with Crippen LogP contribution in [0.25, 0.3) is 0 Å². The summed E-state index contributed by atoms with van der Waals surface area (Å²) in [5, 5.41) is 2.94. The van der Waals surface area contributed by atoms with Crippen molar-refractivity contribution in [2.45, 2.75) is 38.9 Å². The number of hydrogen-bond acceptors (Lipinski definition) is 3. The number of carbonyl (C=O) groups is 1. The third kappa shape index (κ3) is 2.49. The smallest absolute Gasteiger partial charge is 0.249 e. The molecule has 4 nitrogen and oxygen atoms in total. The maximum Gasteiger partial charge on any atom is 0.249 e. The molecule has 4 heteroatoms. The molecule has 0 radical (unpaired) electrons. The summed E-state index contributed by atoms with van der Waals surface area (Å²) in [7, 11) is 0. The first-order chi connectivity index (χ1) is 7.09. The molecule has 0 aromatic rings. The summed E-state index contributed by atoms with van der Waals surface area (Å²) in [6.45, 7) is 6.31. The van der Waals surface area contributed by atoms with Crippen LogP contribution in [-0.4, -0.2) is 37.9 Å².